The van der Waals surface area contributed by atoms with Crippen molar-refractivity contribution in [3.05, 3.63) is 35.6 Å². The van der Waals surface area contributed by atoms with E-state index in [1.165, 1.54) is 18.2 Å². The molecule has 0 spiro atoms. The number of nitrogens with two attached hydrogens (primary N) is 1. The van der Waals surface area contributed by atoms with Crippen molar-refractivity contribution in [3.8, 4) is 0 Å². The Bertz CT molecular complexity index is 570. The highest BCUT2D eigenvalue weighted by atomic mass is 19.3. The van der Waals surface area contributed by atoms with Crippen LogP contribution in [0.5, 0.6) is 0 Å². The number of halogens is 3. The van der Waals surface area contributed by atoms with Gasteiger partial charge in [0.25, 0.3) is 6.43 Å². The number of aliphatic imine (C=N–C) groups is 1. The van der Waals surface area contributed by atoms with Crippen LogP contribution in [0.25, 0.3) is 0 Å². The number of rotatable bonds is 6. The molecule has 0 bridgehead atoms. The van der Waals surface area contributed by atoms with Gasteiger partial charge in [0.2, 0.25) is 0 Å². The zero-order valence-electron chi connectivity index (χ0n) is 10.2. The standard InChI is InChI=1S/C12H11F3N4O/c13-8-4-2-1-3-7(8)5-18-11(12(14)15)10(19-17)9(16)6-20/h1-4,6,12,16H,5,17H2. The van der Waals surface area contributed by atoms with Crippen molar-refractivity contribution in [1.29, 1.82) is 5.41 Å². The molecule has 1 aromatic rings. The second kappa shape index (κ2) is 7.17. The Kier molecular flexibility index (Phi) is 5.57. The van der Waals surface area contributed by atoms with Crippen molar-refractivity contribution in [1.82, 2.24) is 0 Å². The van der Waals surface area contributed by atoms with E-state index in [4.69, 9.17) is 11.3 Å². The predicted octanol–water partition coefficient (Wildman–Crippen LogP) is 1.57. The van der Waals surface area contributed by atoms with Gasteiger partial charge < -0.3 is 5.84 Å². The van der Waals surface area contributed by atoms with Gasteiger partial charge in [-0.1, -0.05) is 18.2 Å². The van der Waals surface area contributed by atoms with Crippen molar-refractivity contribution < 1.29 is 18.0 Å². The molecule has 0 aliphatic rings. The molecule has 0 atom stereocenters. The quantitative estimate of drug-likeness (QED) is 0.359. The minimum atomic E-state index is -3.09. The second-order valence-electron chi connectivity index (χ2n) is 3.60. The molecular weight excluding hydrogens is 273 g/mol. The predicted molar refractivity (Wildman–Crippen MR) is 69.0 cm³/mol. The number of benzene rings is 1. The molecule has 0 aliphatic heterocycles. The maximum atomic E-state index is 13.3. The third kappa shape index (κ3) is 3.74. The summed E-state index contributed by atoms with van der Waals surface area (Å²) in [7, 11) is 0. The van der Waals surface area contributed by atoms with E-state index in [1.807, 2.05) is 0 Å². The van der Waals surface area contributed by atoms with Crippen LogP contribution in [0.15, 0.2) is 34.4 Å². The van der Waals surface area contributed by atoms with Gasteiger partial charge in [0.05, 0.1) is 6.54 Å². The Morgan fingerprint density at radius 3 is 2.55 bits per heavy atom. The van der Waals surface area contributed by atoms with E-state index in [2.05, 4.69) is 10.1 Å². The highest BCUT2D eigenvalue weighted by Gasteiger charge is 2.23. The van der Waals surface area contributed by atoms with Crippen LogP contribution in [0.1, 0.15) is 5.56 Å². The Balaban J connectivity index is 3.09. The third-order valence-corrected chi connectivity index (χ3v) is 2.33. The first-order valence-electron chi connectivity index (χ1n) is 5.39. The van der Waals surface area contributed by atoms with E-state index >= 15 is 0 Å². The molecule has 0 aliphatic carbocycles. The summed E-state index contributed by atoms with van der Waals surface area (Å²) in [6, 6.07) is 5.53. The van der Waals surface area contributed by atoms with Gasteiger partial charge in [0.15, 0.2) is 6.29 Å². The van der Waals surface area contributed by atoms with Crippen LogP contribution in [-0.4, -0.2) is 29.8 Å². The van der Waals surface area contributed by atoms with Gasteiger partial charge in [-0.3, -0.25) is 15.2 Å². The lowest BCUT2D eigenvalue weighted by Gasteiger charge is -2.07. The van der Waals surface area contributed by atoms with Crippen LogP contribution in [0.4, 0.5) is 13.2 Å². The highest BCUT2D eigenvalue weighted by molar-refractivity contribution is 6.78. The number of alkyl halides is 2. The SMILES string of the molecule is N=C(C=O)C(=NN)C(=NCc1ccccc1F)C(F)F. The highest BCUT2D eigenvalue weighted by Crippen LogP contribution is 2.09. The van der Waals surface area contributed by atoms with Crippen molar-refractivity contribution >= 4 is 23.4 Å². The maximum Gasteiger partial charge on any atom is 0.282 e. The summed E-state index contributed by atoms with van der Waals surface area (Å²) < 4.78 is 39.1. The first-order valence-corrected chi connectivity index (χ1v) is 5.39. The molecule has 0 unspecified atom stereocenters. The number of nitrogens with one attached hydrogen (secondary N) is 1. The molecule has 20 heavy (non-hydrogen) atoms. The molecule has 0 fully saturated rings. The fourth-order valence-corrected chi connectivity index (χ4v) is 1.37. The molecule has 0 amide bonds. The smallest absolute Gasteiger partial charge is 0.282 e. The molecule has 0 radical (unpaired) electrons. The third-order valence-electron chi connectivity index (χ3n) is 2.33. The Morgan fingerprint density at radius 2 is 2.05 bits per heavy atom. The topological polar surface area (TPSA) is 91.7 Å². The van der Waals surface area contributed by atoms with Gasteiger partial charge in [0, 0.05) is 5.56 Å². The largest absolute Gasteiger partial charge is 0.323 e. The Hall–Kier alpha value is -2.51. The zero-order valence-corrected chi connectivity index (χ0v) is 10.2. The van der Waals surface area contributed by atoms with Crippen LogP contribution >= 0.6 is 0 Å². The van der Waals surface area contributed by atoms with E-state index in [-0.39, 0.29) is 18.4 Å². The summed E-state index contributed by atoms with van der Waals surface area (Å²) in [4.78, 5) is 14.0. The first-order chi connectivity index (χ1) is 9.51. The molecule has 1 rings (SSSR count). The molecule has 106 valence electrons. The summed E-state index contributed by atoms with van der Waals surface area (Å²) in [6.45, 7) is -0.377. The van der Waals surface area contributed by atoms with Crippen LogP contribution < -0.4 is 5.84 Å². The molecular formula is C12H11F3N4O. The van der Waals surface area contributed by atoms with Crippen LogP contribution in [0.2, 0.25) is 0 Å². The fraction of sp³-hybridized carbons (Fsp3) is 0.167. The number of hydrogen-bond acceptors (Lipinski definition) is 5. The molecule has 0 aromatic heterocycles. The Labute approximate surface area is 112 Å². The lowest BCUT2D eigenvalue weighted by atomic mass is 10.1. The molecule has 5 nitrogen and oxygen atoms in total. The van der Waals surface area contributed by atoms with Crippen molar-refractivity contribution in [3.63, 3.8) is 0 Å². The minimum Gasteiger partial charge on any atom is -0.323 e. The number of hydrazone groups is 1. The van der Waals surface area contributed by atoms with Crippen LogP contribution in [-0.2, 0) is 11.3 Å². The lowest BCUT2D eigenvalue weighted by Crippen LogP contribution is -2.31. The summed E-state index contributed by atoms with van der Waals surface area (Å²) in [5.74, 6) is 4.29. The van der Waals surface area contributed by atoms with Gasteiger partial charge in [-0.15, -0.1) is 0 Å². The minimum absolute atomic E-state index is 0.0205. The van der Waals surface area contributed by atoms with E-state index in [1.54, 1.807) is 0 Å². The molecule has 8 heteroatoms. The monoisotopic (exact) mass is 284 g/mol. The van der Waals surface area contributed by atoms with Crippen LogP contribution in [0.3, 0.4) is 0 Å². The van der Waals surface area contributed by atoms with Crippen molar-refractivity contribution in [2.75, 3.05) is 0 Å². The lowest BCUT2D eigenvalue weighted by molar-refractivity contribution is -0.102. The van der Waals surface area contributed by atoms with Gasteiger partial charge >= 0.3 is 0 Å². The number of hydrogen-bond donors (Lipinski definition) is 2. The maximum absolute atomic E-state index is 13.3. The van der Waals surface area contributed by atoms with Gasteiger partial charge in [-0.25, -0.2) is 13.2 Å². The van der Waals surface area contributed by atoms with E-state index in [9.17, 15) is 18.0 Å². The average molecular weight is 284 g/mol. The summed E-state index contributed by atoms with van der Waals surface area (Å²) >= 11 is 0. The molecule has 0 heterocycles. The van der Waals surface area contributed by atoms with Gasteiger partial charge in [-0.2, -0.15) is 5.10 Å². The number of nitrogens with zero attached hydrogens (tertiary/aromatic N) is 2. The number of carbonyl (C=O) groups is 1. The van der Waals surface area contributed by atoms with E-state index in [0.29, 0.717) is 0 Å². The molecule has 1 aromatic carbocycles. The fourth-order valence-electron chi connectivity index (χ4n) is 1.37. The summed E-state index contributed by atoms with van der Waals surface area (Å²) in [6.07, 6.45) is -3.07. The summed E-state index contributed by atoms with van der Waals surface area (Å²) in [5, 5.41) is 10.1. The number of carbonyl (C=O) groups excluding carboxylic acids is 1. The normalized spacial score (nSPS) is 12.6. The number of aldehydes is 1. The van der Waals surface area contributed by atoms with Crippen molar-refractivity contribution in [2.45, 2.75) is 13.0 Å². The molecule has 0 saturated heterocycles. The molecule has 3 N–H and O–H groups in total. The summed E-state index contributed by atoms with van der Waals surface area (Å²) in [5.41, 5.74) is -2.36. The van der Waals surface area contributed by atoms with Gasteiger partial charge in [0.1, 0.15) is 23.0 Å². The zero-order chi connectivity index (χ0) is 15.1. The second-order valence-corrected chi connectivity index (χ2v) is 3.60. The first kappa shape index (κ1) is 15.5. The molecule has 0 saturated carbocycles. The Morgan fingerprint density at radius 1 is 1.40 bits per heavy atom. The van der Waals surface area contributed by atoms with E-state index < -0.39 is 29.4 Å². The van der Waals surface area contributed by atoms with Gasteiger partial charge in [-0.05, 0) is 6.07 Å². The van der Waals surface area contributed by atoms with Crippen LogP contribution in [0, 0.1) is 11.2 Å². The van der Waals surface area contributed by atoms with E-state index in [0.717, 1.165) is 6.07 Å². The average Bonchev–Trinajstić information content (AvgIpc) is 2.44. The van der Waals surface area contributed by atoms with Crippen molar-refractivity contribution in [2.24, 2.45) is 15.9 Å².